The molecule has 0 saturated heterocycles. The van der Waals surface area contributed by atoms with Crippen LogP contribution < -0.4 is 0 Å². The van der Waals surface area contributed by atoms with Crippen molar-refractivity contribution in [2.24, 2.45) is 0 Å². The van der Waals surface area contributed by atoms with Gasteiger partial charge >= 0.3 is 67.9 Å². The van der Waals surface area contributed by atoms with Gasteiger partial charge in [-0.25, -0.2) is 0 Å². The Kier molecular flexibility index (Phi) is 13.6. The number of rotatable bonds is 0. The smallest absolute Gasteiger partial charge is 2.00 e. The summed E-state index contributed by atoms with van der Waals surface area (Å²) in [6, 6.07) is 0. The van der Waals surface area contributed by atoms with Crippen molar-refractivity contribution < 1.29 is 25.5 Å². The van der Waals surface area contributed by atoms with Crippen LogP contribution in [-0.2, 0) is 25.5 Å². The zero-order valence-electron chi connectivity index (χ0n) is 1.84. The molecule has 0 unspecified atom stereocenters. The van der Waals surface area contributed by atoms with Gasteiger partial charge in [0.05, 0.1) is 0 Å². The summed E-state index contributed by atoms with van der Waals surface area (Å²) in [4.78, 5) is 0. The molecular weight excluding hydrogens is 351 g/mol. The minimum Gasteiger partial charge on any atom is 2.00 e. The van der Waals surface area contributed by atoms with E-state index in [0.29, 0.717) is 0 Å². The van der Waals surface area contributed by atoms with Crippen molar-refractivity contribution in [2.75, 3.05) is 0 Å². The average Bonchev–Trinajstić information content (AvgIpc) is 0.811. The summed E-state index contributed by atoms with van der Waals surface area (Å²) in [5.41, 5.74) is 0. The standard InChI is InChI=1S/3BrH.2Fe/h3*1H;;/q;;;+2;+3/p-3. The van der Waals surface area contributed by atoms with Crippen LogP contribution in [0, 0.1) is 0 Å². The molecule has 5 heavy (non-hydrogen) atoms. The Bertz CT molecular complexity index is 9.61. The fourth-order valence-corrected chi connectivity index (χ4v) is 0. The van der Waals surface area contributed by atoms with E-state index in [4.69, 9.17) is 0 Å². The van der Waals surface area contributed by atoms with Gasteiger partial charge in [-0.3, -0.25) is 0 Å². The minimum absolute atomic E-state index is 0. The molecule has 0 radical (unpaired) electrons. The van der Waals surface area contributed by atoms with Gasteiger partial charge in [0.15, 0.2) is 0 Å². The van der Waals surface area contributed by atoms with Gasteiger partial charge < -0.3 is 0 Å². The van der Waals surface area contributed by atoms with Gasteiger partial charge in [-0.1, -0.05) is 0 Å². The van der Waals surface area contributed by atoms with Gasteiger partial charge in [0, 0.05) is 0 Å². The molecular formula is Br3Fe2+2. The Morgan fingerprint density at radius 1 is 1.00 bits per heavy atom. The first-order valence-electron chi connectivity index (χ1n) is 0.401. The van der Waals surface area contributed by atoms with Gasteiger partial charge in [0.1, 0.15) is 0 Å². The minimum atomic E-state index is -0.312. The van der Waals surface area contributed by atoms with Crippen molar-refractivity contribution >= 4 is 42.3 Å². The zero-order valence-corrected chi connectivity index (χ0v) is 8.81. The molecule has 0 aromatic heterocycles. The first-order valence-corrected chi connectivity index (χ1v) is 8.59. The Morgan fingerprint density at radius 3 is 1.00 bits per heavy atom. The molecule has 0 nitrogen and oxygen atoms in total. The Labute approximate surface area is 66.9 Å². The first kappa shape index (κ1) is 10.5. The van der Waals surface area contributed by atoms with Crippen LogP contribution in [0.3, 0.4) is 0 Å². The summed E-state index contributed by atoms with van der Waals surface area (Å²) < 4.78 is 0. The quantitative estimate of drug-likeness (QED) is 0.589. The van der Waals surface area contributed by atoms with Gasteiger partial charge in [0.2, 0.25) is 0 Å². The molecule has 0 aromatic rings. The summed E-state index contributed by atoms with van der Waals surface area (Å²) in [5.74, 6) is 0. The SMILES string of the molecule is [Br][Fe]([Br])[Br].[Fe+2]. The van der Waals surface area contributed by atoms with Crippen molar-refractivity contribution in [3.8, 4) is 0 Å². The molecule has 0 bridgehead atoms. The van der Waals surface area contributed by atoms with Crippen LogP contribution in [0.5, 0.6) is 0 Å². The number of halogens is 3. The van der Waals surface area contributed by atoms with E-state index in [2.05, 4.69) is 42.3 Å². The van der Waals surface area contributed by atoms with Crippen LogP contribution >= 0.6 is 42.3 Å². The second kappa shape index (κ2) is 6.48. The van der Waals surface area contributed by atoms with E-state index < -0.39 is 0 Å². The fraction of sp³-hybridized carbons (Fsp3) is 0. The van der Waals surface area contributed by atoms with E-state index in [1.165, 1.54) is 0 Å². The van der Waals surface area contributed by atoms with Gasteiger partial charge in [-0.2, -0.15) is 0 Å². The molecule has 0 aromatic carbocycles. The van der Waals surface area contributed by atoms with Crippen LogP contribution in [0.25, 0.3) is 0 Å². The largest absolute Gasteiger partial charge is 2.00 e. The second-order valence-corrected chi connectivity index (χ2v) is 16.9. The Morgan fingerprint density at radius 2 is 1.00 bits per heavy atom. The summed E-state index contributed by atoms with van der Waals surface area (Å²) in [6.45, 7) is 0. The molecule has 0 N–H and O–H groups in total. The normalized spacial score (nSPS) is 9.00. The summed E-state index contributed by atoms with van der Waals surface area (Å²) in [5, 5.41) is 0. The molecule has 0 rings (SSSR count). The van der Waals surface area contributed by atoms with Gasteiger partial charge in [-0.05, 0) is 0 Å². The van der Waals surface area contributed by atoms with Crippen LogP contribution in [0.1, 0.15) is 0 Å². The van der Waals surface area contributed by atoms with Crippen molar-refractivity contribution in [1.82, 2.24) is 0 Å². The maximum atomic E-state index is 3.19. The van der Waals surface area contributed by atoms with Crippen LogP contribution in [0.4, 0.5) is 0 Å². The molecule has 0 atom stereocenters. The fourth-order valence-electron chi connectivity index (χ4n) is 0. The summed E-state index contributed by atoms with van der Waals surface area (Å²) in [7, 11) is -0.312. The molecule has 35 valence electrons. The summed E-state index contributed by atoms with van der Waals surface area (Å²) in [6.07, 6.45) is 0. The van der Waals surface area contributed by atoms with Crippen molar-refractivity contribution in [1.29, 1.82) is 0 Å². The second-order valence-electron chi connectivity index (χ2n) is 0.152. The Balaban J connectivity index is 0. The summed E-state index contributed by atoms with van der Waals surface area (Å²) >= 11 is 9.56. The van der Waals surface area contributed by atoms with Gasteiger partial charge in [-0.15, -0.1) is 0 Å². The van der Waals surface area contributed by atoms with E-state index in [1.54, 1.807) is 0 Å². The van der Waals surface area contributed by atoms with E-state index in [9.17, 15) is 0 Å². The van der Waals surface area contributed by atoms with E-state index in [0.717, 1.165) is 0 Å². The molecule has 0 saturated carbocycles. The van der Waals surface area contributed by atoms with E-state index >= 15 is 0 Å². The third-order valence-electron chi connectivity index (χ3n) is 0. The molecule has 0 aliphatic carbocycles. The Hall–Kier alpha value is 2.48. The van der Waals surface area contributed by atoms with Crippen molar-refractivity contribution in [2.45, 2.75) is 0 Å². The van der Waals surface area contributed by atoms with Crippen molar-refractivity contribution in [3.05, 3.63) is 0 Å². The number of hydrogen-bond donors (Lipinski definition) is 0. The predicted octanol–water partition coefficient (Wildman–Crippen LogP) is 2.53. The van der Waals surface area contributed by atoms with Crippen LogP contribution in [0.2, 0.25) is 0 Å². The van der Waals surface area contributed by atoms with Gasteiger partial charge in [0.25, 0.3) is 0 Å². The first-order chi connectivity index (χ1) is 1.73. The average molecular weight is 351 g/mol. The molecule has 0 heterocycles. The van der Waals surface area contributed by atoms with E-state index in [-0.39, 0.29) is 25.5 Å². The monoisotopic (exact) mass is 349 g/mol. The maximum Gasteiger partial charge on any atom is 2.00 e. The third-order valence-corrected chi connectivity index (χ3v) is 0. The van der Waals surface area contributed by atoms with Crippen molar-refractivity contribution in [3.63, 3.8) is 0 Å². The third kappa shape index (κ3) is 21.2. The topological polar surface area (TPSA) is 0 Å². The zero-order chi connectivity index (χ0) is 3.58. The molecule has 0 amide bonds. The van der Waals surface area contributed by atoms with Crippen LogP contribution in [-0.4, -0.2) is 0 Å². The predicted molar refractivity (Wildman–Crippen MR) is 26.8 cm³/mol. The van der Waals surface area contributed by atoms with E-state index in [1.807, 2.05) is 0 Å². The molecule has 0 aliphatic rings. The molecule has 0 fully saturated rings. The molecule has 0 spiro atoms. The molecule has 5 heteroatoms. The van der Waals surface area contributed by atoms with Crippen LogP contribution in [0.15, 0.2) is 0 Å². The maximum absolute atomic E-state index is 3.19. The number of hydrogen-bond acceptors (Lipinski definition) is 0. The molecule has 0 aliphatic heterocycles.